The van der Waals surface area contributed by atoms with Crippen LogP contribution in [0.5, 0.6) is 0 Å². The maximum atomic E-state index is 13.7. The second-order valence-electron chi connectivity index (χ2n) is 12.4. The van der Waals surface area contributed by atoms with Crippen molar-refractivity contribution in [1.29, 1.82) is 0 Å². The lowest BCUT2D eigenvalue weighted by Crippen LogP contribution is -2.36. The van der Waals surface area contributed by atoms with E-state index in [0.717, 1.165) is 23.3 Å². The van der Waals surface area contributed by atoms with Gasteiger partial charge in [-0.3, -0.25) is 9.69 Å². The molecule has 46 heavy (non-hydrogen) atoms. The number of nitrogens with one attached hydrogen (secondary N) is 3. The van der Waals surface area contributed by atoms with Crippen LogP contribution < -0.4 is 20.9 Å². The number of nitrogens with zero attached hydrogens (tertiary/aromatic N) is 3. The number of anilines is 3. The van der Waals surface area contributed by atoms with Gasteiger partial charge in [0.25, 0.3) is 0 Å². The van der Waals surface area contributed by atoms with Crippen molar-refractivity contribution < 1.29 is 27.2 Å². The number of amides is 3. The first-order valence-corrected chi connectivity index (χ1v) is 15.2. The Morgan fingerprint density at radius 2 is 1.89 bits per heavy atom. The van der Waals surface area contributed by atoms with E-state index < -0.39 is 17.8 Å². The minimum Gasteiger partial charge on any atom is -0.444 e. The summed E-state index contributed by atoms with van der Waals surface area (Å²) >= 11 is 0. The third kappa shape index (κ3) is 8.23. The molecule has 2 aromatic heterocycles. The summed E-state index contributed by atoms with van der Waals surface area (Å²) in [6.45, 7) is 7.54. The highest BCUT2D eigenvalue weighted by molar-refractivity contribution is 6.03. The van der Waals surface area contributed by atoms with E-state index >= 15 is 0 Å². The molecule has 1 aliphatic heterocycles. The van der Waals surface area contributed by atoms with Crippen LogP contribution in [-0.4, -0.2) is 41.5 Å². The number of fused-ring (bicyclic) bond motifs is 1. The molecule has 3 amide bonds. The highest BCUT2D eigenvalue weighted by Gasteiger charge is 2.31. The maximum Gasteiger partial charge on any atom is 0.416 e. The molecule has 0 saturated carbocycles. The predicted octanol–water partition coefficient (Wildman–Crippen LogP) is 7.76. The van der Waals surface area contributed by atoms with Gasteiger partial charge in [-0.1, -0.05) is 39.0 Å². The van der Waals surface area contributed by atoms with Crippen molar-refractivity contribution in [3.63, 3.8) is 0 Å². The first kappa shape index (κ1) is 32.5. The number of urea groups is 1. The Kier molecular flexibility index (Phi) is 9.64. The summed E-state index contributed by atoms with van der Waals surface area (Å²) in [6.07, 6.45) is 0.907. The summed E-state index contributed by atoms with van der Waals surface area (Å²) in [4.78, 5) is 36.1. The molecule has 12 heteroatoms. The molecule has 5 rings (SSSR count). The van der Waals surface area contributed by atoms with Crippen molar-refractivity contribution >= 4 is 29.1 Å². The number of alkyl halides is 3. The van der Waals surface area contributed by atoms with Gasteiger partial charge in [0, 0.05) is 42.9 Å². The van der Waals surface area contributed by atoms with Crippen LogP contribution in [0.1, 0.15) is 51.2 Å². The third-order valence-corrected chi connectivity index (χ3v) is 7.43. The Balaban J connectivity index is 1.34. The van der Waals surface area contributed by atoms with Gasteiger partial charge in [-0.2, -0.15) is 13.2 Å². The fraction of sp³-hybridized carbons (Fsp3) is 0.353. The number of carbonyl (C=O) groups is 2. The van der Waals surface area contributed by atoms with Crippen molar-refractivity contribution in [3.05, 3.63) is 78.3 Å². The lowest BCUT2D eigenvalue weighted by Gasteiger charge is -2.23. The first-order valence-electron chi connectivity index (χ1n) is 15.2. The predicted molar refractivity (Wildman–Crippen MR) is 171 cm³/mol. The Morgan fingerprint density at radius 1 is 1.07 bits per heavy atom. The topological polar surface area (TPSA) is 112 Å². The highest BCUT2D eigenvalue weighted by atomic mass is 19.4. The van der Waals surface area contributed by atoms with Gasteiger partial charge in [0.15, 0.2) is 18.0 Å². The fourth-order valence-electron chi connectivity index (χ4n) is 5.26. The molecule has 0 saturated heterocycles. The van der Waals surface area contributed by atoms with Crippen molar-refractivity contribution in [3.8, 4) is 22.6 Å². The Bertz CT molecular complexity index is 1680. The molecule has 242 valence electrons. The smallest absolute Gasteiger partial charge is 0.416 e. The van der Waals surface area contributed by atoms with Crippen LogP contribution in [0.2, 0.25) is 0 Å². The van der Waals surface area contributed by atoms with Gasteiger partial charge >= 0.3 is 12.2 Å². The second kappa shape index (κ2) is 13.6. The lowest BCUT2D eigenvalue weighted by molar-refractivity contribution is -0.137. The van der Waals surface area contributed by atoms with E-state index in [1.165, 1.54) is 17.4 Å². The zero-order chi connectivity index (χ0) is 32.9. The maximum absolute atomic E-state index is 13.7. The van der Waals surface area contributed by atoms with Crippen LogP contribution in [0.15, 0.2) is 71.6 Å². The minimum absolute atomic E-state index is 0.0164. The molecule has 4 aromatic rings. The van der Waals surface area contributed by atoms with Gasteiger partial charge in [-0.15, -0.1) is 0 Å². The molecule has 3 N–H and O–H groups in total. The molecule has 2 aromatic carbocycles. The number of oxazole rings is 1. The van der Waals surface area contributed by atoms with Crippen LogP contribution in [0.3, 0.4) is 0 Å². The van der Waals surface area contributed by atoms with Crippen molar-refractivity contribution in [2.75, 3.05) is 35.2 Å². The third-order valence-electron chi connectivity index (χ3n) is 7.43. The summed E-state index contributed by atoms with van der Waals surface area (Å²) in [6, 6.07) is 13.4. The largest absolute Gasteiger partial charge is 0.444 e. The number of carbonyl (C=O) groups excluding carboxylic acids is 2. The minimum atomic E-state index is -4.49. The highest BCUT2D eigenvalue weighted by Crippen LogP contribution is 2.35. The molecular weight excluding hydrogens is 597 g/mol. The number of rotatable bonds is 8. The van der Waals surface area contributed by atoms with Crippen molar-refractivity contribution in [2.24, 2.45) is 5.41 Å². The number of aryl methyl sites for hydroxylation is 1. The van der Waals surface area contributed by atoms with Crippen molar-refractivity contribution in [1.82, 2.24) is 15.3 Å². The summed E-state index contributed by atoms with van der Waals surface area (Å²) < 4.78 is 45.7. The monoisotopic (exact) mass is 634 g/mol. The number of pyridine rings is 1. The molecule has 1 aliphatic rings. The van der Waals surface area contributed by atoms with E-state index in [2.05, 4.69) is 25.9 Å². The Labute approximate surface area is 265 Å². The fourth-order valence-corrected chi connectivity index (χ4v) is 5.26. The van der Waals surface area contributed by atoms with E-state index in [1.807, 2.05) is 32.9 Å². The average Bonchev–Trinajstić information content (AvgIpc) is 3.45. The molecule has 0 aliphatic carbocycles. The van der Waals surface area contributed by atoms with Gasteiger partial charge in [-0.05, 0) is 66.6 Å². The zero-order valence-electron chi connectivity index (χ0n) is 26.0. The molecule has 0 atom stereocenters. The lowest BCUT2D eigenvalue weighted by atomic mass is 9.92. The van der Waals surface area contributed by atoms with E-state index in [4.69, 9.17) is 4.42 Å². The number of aromatic nitrogens is 2. The van der Waals surface area contributed by atoms with Crippen LogP contribution in [-0.2, 0) is 17.4 Å². The Hall–Kier alpha value is -4.87. The molecule has 3 heterocycles. The quantitative estimate of drug-likeness (QED) is 0.171. The van der Waals surface area contributed by atoms with Crippen molar-refractivity contribution in [2.45, 2.75) is 52.6 Å². The molecule has 0 fully saturated rings. The van der Waals surface area contributed by atoms with Crippen LogP contribution in [0, 0.1) is 5.41 Å². The number of hydrogen-bond donors (Lipinski definition) is 3. The molecule has 0 spiro atoms. The first-order chi connectivity index (χ1) is 21.9. The summed E-state index contributed by atoms with van der Waals surface area (Å²) in [5, 5.41) is 9.19. The van der Waals surface area contributed by atoms with Gasteiger partial charge < -0.3 is 20.4 Å². The normalized spacial score (nSPS) is 13.4. The van der Waals surface area contributed by atoms with E-state index in [9.17, 15) is 22.8 Å². The van der Waals surface area contributed by atoms with E-state index in [0.29, 0.717) is 79.5 Å². The summed E-state index contributed by atoms with van der Waals surface area (Å²) in [7, 11) is 0. The number of benzene rings is 2. The molecule has 9 nitrogen and oxygen atoms in total. The molecule has 0 bridgehead atoms. The number of hydrogen-bond acceptors (Lipinski definition) is 6. The molecule has 0 radical (unpaired) electrons. The average molecular weight is 635 g/mol. The van der Waals surface area contributed by atoms with Crippen LogP contribution >= 0.6 is 0 Å². The standard InChI is InChI=1S/C34H37F3N6O3/c1-33(2,3)19-30(44)40-14-5-8-22-10-11-25(18-26(22)29-20-38-21-46-29)41-32(45)43-16-6-15-39-28-13-12-27(42-31(28)43)23-7-4-9-24(17-23)34(35,36)37/h4,7,9-13,17-18,20-21,39H,5-6,8,14-16,19H2,1-3H3,(H,40,44)(H,41,45). The number of halogens is 3. The van der Waals surface area contributed by atoms with Crippen LogP contribution in [0.4, 0.5) is 35.2 Å². The SMILES string of the molecule is CC(C)(C)CC(=O)NCCCc1ccc(NC(=O)N2CCCNc3ccc(-c4cccc(C(F)(F)F)c4)nc32)cc1-c1cnco1. The van der Waals surface area contributed by atoms with Gasteiger partial charge in [-0.25, -0.2) is 14.8 Å². The van der Waals surface area contributed by atoms with Gasteiger partial charge in [0.05, 0.1) is 23.1 Å². The van der Waals surface area contributed by atoms with Gasteiger partial charge in [0.2, 0.25) is 5.91 Å². The van der Waals surface area contributed by atoms with Gasteiger partial charge in [0.1, 0.15) is 0 Å². The zero-order valence-corrected chi connectivity index (χ0v) is 26.0. The molecule has 0 unspecified atom stereocenters. The van der Waals surface area contributed by atoms with Crippen LogP contribution in [0.25, 0.3) is 22.6 Å². The van der Waals surface area contributed by atoms with E-state index in [-0.39, 0.29) is 11.3 Å². The molecular formula is C34H37F3N6O3. The van der Waals surface area contributed by atoms with E-state index in [1.54, 1.807) is 30.5 Å². The summed E-state index contributed by atoms with van der Waals surface area (Å²) in [5.41, 5.74) is 2.61. The summed E-state index contributed by atoms with van der Waals surface area (Å²) in [5.74, 6) is 0.882. The Morgan fingerprint density at radius 3 is 2.63 bits per heavy atom. The second-order valence-corrected chi connectivity index (χ2v) is 12.4.